The van der Waals surface area contributed by atoms with E-state index in [1.165, 1.54) is 83.1 Å². The van der Waals surface area contributed by atoms with Gasteiger partial charge < -0.3 is 5.11 Å². The van der Waals surface area contributed by atoms with Gasteiger partial charge in [-0.1, -0.05) is 90.0 Å². The summed E-state index contributed by atoms with van der Waals surface area (Å²) in [6.07, 6.45) is 21.6. The fourth-order valence-electron chi connectivity index (χ4n) is 2.46. The van der Waals surface area contributed by atoms with Gasteiger partial charge in [-0.2, -0.15) is 0 Å². The van der Waals surface area contributed by atoms with Gasteiger partial charge in [0, 0.05) is 6.08 Å². The van der Waals surface area contributed by atoms with Gasteiger partial charge in [-0.3, -0.25) is 0 Å². The van der Waals surface area contributed by atoms with Crippen molar-refractivity contribution in [3.63, 3.8) is 0 Å². The number of carbonyl (C=O) groups is 1. The summed E-state index contributed by atoms with van der Waals surface area (Å²) in [6.45, 7) is 2.27. The molecule has 0 saturated heterocycles. The van der Waals surface area contributed by atoms with Crippen LogP contribution in [0.2, 0.25) is 0 Å². The monoisotopic (exact) mass is 494 g/mol. The maximum absolute atomic E-state index is 10.2. The van der Waals surface area contributed by atoms with E-state index >= 15 is 0 Å². The Morgan fingerprint density at radius 2 is 1.14 bits per heavy atom. The first-order valence-corrected chi connectivity index (χ1v) is 8.67. The third-order valence-electron chi connectivity index (χ3n) is 3.73. The zero-order valence-corrected chi connectivity index (χ0v) is 19.6. The topological polar surface area (TPSA) is 37.3 Å². The van der Waals surface area contributed by atoms with Crippen molar-refractivity contribution in [1.29, 1.82) is 0 Å². The van der Waals surface area contributed by atoms with Gasteiger partial charge in [0.05, 0.1) is 0 Å². The van der Waals surface area contributed by atoms with Gasteiger partial charge in [-0.05, 0) is 12.8 Å². The molecule has 0 amide bonds. The number of unbranched alkanes of at least 4 members (excludes halogenated alkanes) is 13. The van der Waals surface area contributed by atoms with Crippen LogP contribution in [-0.2, 0) is 4.79 Å². The zero-order chi connectivity index (χ0) is 14.9. The first kappa shape index (κ1) is 23.4. The van der Waals surface area contributed by atoms with Gasteiger partial charge in [0.25, 0.3) is 0 Å². The molecule has 0 aliphatic carbocycles. The molecule has 0 aromatic rings. The van der Waals surface area contributed by atoms with Crippen LogP contribution in [0.3, 0.4) is 0 Å². The van der Waals surface area contributed by atoms with Crippen molar-refractivity contribution in [3.05, 3.63) is 12.2 Å². The Kier molecular flexibility index (Phi) is 22.4. The number of rotatable bonds is 15. The first-order valence-electron chi connectivity index (χ1n) is 8.67. The van der Waals surface area contributed by atoms with Gasteiger partial charge in [0.1, 0.15) is 0 Å². The Balaban J connectivity index is 0. The first-order chi connectivity index (χ1) is 9.77. The summed E-state index contributed by atoms with van der Waals surface area (Å²) in [4.78, 5) is 10.2. The molecule has 0 aromatic heterocycles. The number of allylic oxidation sites excluding steroid dienone is 1. The molecular formula is C18H37BiO2. The molecule has 0 spiro atoms. The Bertz CT molecular complexity index is 239. The predicted octanol–water partition coefficient (Wildman–Crippen LogP) is 4.92. The molecule has 0 bridgehead atoms. The normalized spacial score (nSPS) is 10.7. The standard InChI is InChI=1S/C18H34O2.Bi.3H/c1-2-3-4-5-6-7-8-9-10-11-12-13-14-15-16-17-18(19)20;;;;/h16-17H,2-15H2,1H3,(H,19,20);;;;. The predicted molar refractivity (Wildman–Crippen MR) is 97.0 cm³/mol. The number of carboxylic acids is 1. The molecule has 0 unspecified atom stereocenters. The maximum atomic E-state index is 10.2. The minimum absolute atomic E-state index is 0. The van der Waals surface area contributed by atoms with Gasteiger partial charge in [0.2, 0.25) is 0 Å². The molecule has 0 aliphatic rings. The summed E-state index contributed by atoms with van der Waals surface area (Å²) >= 11 is 0. The van der Waals surface area contributed by atoms with Gasteiger partial charge in [-0.15, -0.1) is 0 Å². The van der Waals surface area contributed by atoms with Gasteiger partial charge in [0.15, 0.2) is 0 Å². The number of aliphatic carboxylic acids is 1. The summed E-state index contributed by atoms with van der Waals surface area (Å²) in [6, 6.07) is 0. The molecule has 21 heavy (non-hydrogen) atoms. The second kappa shape index (κ2) is 20.1. The molecular weight excluding hydrogens is 457 g/mol. The molecule has 0 aliphatic heterocycles. The Morgan fingerprint density at radius 1 is 0.762 bits per heavy atom. The van der Waals surface area contributed by atoms with Crippen LogP contribution < -0.4 is 0 Å². The second-order valence-electron chi connectivity index (χ2n) is 5.77. The van der Waals surface area contributed by atoms with E-state index in [0.29, 0.717) is 0 Å². The van der Waals surface area contributed by atoms with Crippen LogP contribution in [0, 0.1) is 0 Å². The fraction of sp³-hybridized carbons (Fsp3) is 0.833. The van der Waals surface area contributed by atoms with E-state index in [-0.39, 0.29) is 26.2 Å². The molecule has 126 valence electrons. The van der Waals surface area contributed by atoms with Crippen LogP contribution >= 0.6 is 0 Å². The summed E-state index contributed by atoms with van der Waals surface area (Å²) in [5, 5.41) is 8.43. The van der Waals surface area contributed by atoms with E-state index in [1.54, 1.807) is 6.08 Å². The van der Waals surface area contributed by atoms with Gasteiger partial charge >= 0.3 is 32.2 Å². The number of hydrogen-bond acceptors (Lipinski definition) is 1. The SMILES string of the molecule is CCCCCCCCCCCCCCCC=CC(=O)O.[BiH3]. The van der Waals surface area contributed by atoms with Crippen molar-refractivity contribution >= 4 is 32.2 Å². The average Bonchev–Trinajstić information content (AvgIpc) is 2.43. The summed E-state index contributed by atoms with van der Waals surface area (Å²) in [7, 11) is 0. The fourth-order valence-corrected chi connectivity index (χ4v) is 2.46. The van der Waals surface area contributed by atoms with Crippen molar-refractivity contribution in [3.8, 4) is 0 Å². The van der Waals surface area contributed by atoms with Crippen molar-refractivity contribution in [1.82, 2.24) is 0 Å². The van der Waals surface area contributed by atoms with Crippen LogP contribution in [0.4, 0.5) is 0 Å². The molecule has 0 heterocycles. The zero-order valence-electron chi connectivity index (χ0n) is 14.1. The average molecular weight is 494 g/mol. The quantitative estimate of drug-likeness (QED) is 0.199. The van der Waals surface area contributed by atoms with Crippen LogP contribution in [-0.4, -0.2) is 37.3 Å². The summed E-state index contributed by atoms with van der Waals surface area (Å²) in [5.41, 5.74) is 0. The molecule has 0 atom stereocenters. The molecule has 2 nitrogen and oxygen atoms in total. The molecule has 0 radical (unpaired) electrons. The van der Waals surface area contributed by atoms with Crippen LogP contribution in [0.1, 0.15) is 96.8 Å². The molecule has 0 rings (SSSR count). The summed E-state index contributed by atoms with van der Waals surface area (Å²) < 4.78 is 0. The van der Waals surface area contributed by atoms with E-state index in [2.05, 4.69) is 6.92 Å². The van der Waals surface area contributed by atoms with E-state index in [4.69, 9.17) is 5.11 Å². The van der Waals surface area contributed by atoms with Crippen LogP contribution in [0.15, 0.2) is 12.2 Å². The Morgan fingerprint density at radius 3 is 1.52 bits per heavy atom. The number of carboxylic acid groups (broad SMARTS) is 1. The molecule has 1 N–H and O–H groups in total. The van der Waals surface area contributed by atoms with Crippen molar-refractivity contribution < 1.29 is 9.90 Å². The van der Waals surface area contributed by atoms with E-state index in [9.17, 15) is 4.79 Å². The Hall–Kier alpha value is 0.0931. The molecule has 0 fully saturated rings. The number of hydrogen-bond donors (Lipinski definition) is 1. The third kappa shape index (κ3) is 22.5. The second-order valence-corrected chi connectivity index (χ2v) is 5.77. The Labute approximate surface area is 150 Å². The molecule has 0 aromatic carbocycles. The van der Waals surface area contributed by atoms with Gasteiger partial charge in [-0.25, -0.2) is 4.79 Å². The van der Waals surface area contributed by atoms with Crippen LogP contribution in [0.5, 0.6) is 0 Å². The minimum atomic E-state index is -0.834. The molecule has 0 saturated carbocycles. The van der Waals surface area contributed by atoms with Crippen molar-refractivity contribution in [2.75, 3.05) is 0 Å². The van der Waals surface area contributed by atoms with E-state index in [0.717, 1.165) is 12.8 Å². The third-order valence-corrected chi connectivity index (χ3v) is 3.73. The van der Waals surface area contributed by atoms with E-state index < -0.39 is 5.97 Å². The van der Waals surface area contributed by atoms with Crippen LogP contribution in [0.25, 0.3) is 0 Å². The van der Waals surface area contributed by atoms with E-state index in [1.807, 2.05) is 0 Å². The van der Waals surface area contributed by atoms with Crippen molar-refractivity contribution in [2.45, 2.75) is 96.8 Å². The summed E-state index contributed by atoms with van der Waals surface area (Å²) in [5.74, 6) is -0.834. The van der Waals surface area contributed by atoms with Crippen molar-refractivity contribution in [2.24, 2.45) is 0 Å². The molecule has 3 heteroatoms.